The molecule has 0 spiro atoms. The van der Waals surface area contributed by atoms with Gasteiger partial charge in [-0.25, -0.2) is 0 Å². The molecule has 1 unspecified atom stereocenters. The fourth-order valence-electron chi connectivity index (χ4n) is 1.69. The van der Waals surface area contributed by atoms with Gasteiger partial charge in [-0.2, -0.15) is 16.7 Å². The van der Waals surface area contributed by atoms with Crippen molar-refractivity contribution in [1.82, 2.24) is 15.5 Å². The second-order valence-electron chi connectivity index (χ2n) is 4.47. The molecule has 0 aliphatic rings. The molecule has 1 aromatic heterocycles. The molecule has 1 rings (SSSR count). The zero-order valence-electron chi connectivity index (χ0n) is 12.1. The first kappa shape index (κ1) is 16.5. The van der Waals surface area contributed by atoms with Crippen molar-refractivity contribution in [2.75, 3.05) is 26.0 Å². The lowest BCUT2D eigenvalue weighted by Crippen LogP contribution is -2.35. The molecule has 0 aliphatic heterocycles. The number of nitrogens with one attached hydrogen (secondary N) is 1. The van der Waals surface area contributed by atoms with E-state index < -0.39 is 0 Å². The minimum absolute atomic E-state index is 0.238. The third kappa shape index (κ3) is 6.94. The van der Waals surface area contributed by atoms with Gasteiger partial charge < -0.3 is 14.6 Å². The second-order valence-corrected chi connectivity index (χ2v) is 5.57. The van der Waals surface area contributed by atoms with Gasteiger partial charge in [-0.15, -0.1) is 0 Å². The van der Waals surface area contributed by atoms with Crippen LogP contribution in [0.15, 0.2) is 4.52 Å². The molecule has 0 aromatic carbocycles. The molecule has 6 heteroatoms. The molecule has 0 radical (unpaired) electrons. The summed E-state index contributed by atoms with van der Waals surface area (Å²) in [5.74, 6) is 3.45. The molecular weight excluding hydrogens is 262 g/mol. The van der Waals surface area contributed by atoms with Crippen LogP contribution in [0.5, 0.6) is 0 Å². The van der Waals surface area contributed by atoms with Gasteiger partial charge in [0.15, 0.2) is 5.82 Å². The van der Waals surface area contributed by atoms with Crippen molar-refractivity contribution in [3.63, 3.8) is 0 Å². The molecule has 0 amide bonds. The van der Waals surface area contributed by atoms with Crippen LogP contribution in [0.3, 0.4) is 0 Å². The van der Waals surface area contributed by atoms with Crippen LogP contribution >= 0.6 is 11.8 Å². The monoisotopic (exact) mass is 287 g/mol. The van der Waals surface area contributed by atoms with Crippen LogP contribution in [-0.2, 0) is 16.9 Å². The van der Waals surface area contributed by atoms with Crippen LogP contribution in [0, 0.1) is 0 Å². The molecular formula is C13H25N3O2S. The Balaban J connectivity index is 2.40. The van der Waals surface area contributed by atoms with Crippen molar-refractivity contribution in [2.24, 2.45) is 0 Å². The summed E-state index contributed by atoms with van der Waals surface area (Å²) >= 11 is 1.84. The maximum Gasteiger partial charge on any atom is 0.228 e. The molecule has 0 saturated carbocycles. The van der Waals surface area contributed by atoms with E-state index in [2.05, 4.69) is 29.3 Å². The Morgan fingerprint density at radius 2 is 2.21 bits per heavy atom. The quantitative estimate of drug-likeness (QED) is 0.630. The van der Waals surface area contributed by atoms with E-state index in [1.165, 1.54) is 6.42 Å². The first-order valence-corrected chi connectivity index (χ1v) is 8.07. The first-order chi connectivity index (χ1) is 9.30. The van der Waals surface area contributed by atoms with Gasteiger partial charge in [-0.3, -0.25) is 0 Å². The van der Waals surface area contributed by atoms with E-state index in [0.717, 1.165) is 36.7 Å². The summed E-state index contributed by atoms with van der Waals surface area (Å²) in [7, 11) is 1.71. The van der Waals surface area contributed by atoms with Crippen LogP contribution in [-0.4, -0.2) is 42.2 Å². The van der Waals surface area contributed by atoms with E-state index in [4.69, 9.17) is 9.26 Å². The maximum absolute atomic E-state index is 5.28. The van der Waals surface area contributed by atoms with Crippen LogP contribution in [0.2, 0.25) is 0 Å². The molecule has 1 atom stereocenters. The standard InChI is InChI=1S/C13H25N3O2S/c1-4-6-14-11(9-17-3)8-13-15-12(16-18-13)10-19-7-5-2/h11,14H,4-10H2,1-3H3. The maximum atomic E-state index is 5.28. The van der Waals surface area contributed by atoms with Gasteiger partial charge >= 0.3 is 0 Å². The van der Waals surface area contributed by atoms with E-state index in [1.807, 2.05) is 11.8 Å². The van der Waals surface area contributed by atoms with E-state index >= 15 is 0 Å². The molecule has 110 valence electrons. The zero-order valence-corrected chi connectivity index (χ0v) is 13.0. The number of nitrogens with zero attached hydrogens (tertiary/aromatic N) is 2. The lowest BCUT2D eigenvalue weighted by molar-refractivity contribution is 0.161. The third-order valence-corrected chi connectivity index (χ3v) is 3.72. The zero-order chi connectivity index (χ0) is 13.9. The fraction of sp³-hybridized carbons (Fsp3) is 0.846. The molecule has 1 heterocycles. The van der Waals surface area contributed by atoms with E-state index in [1.54, 1.807) is 7.11 Å². The molecule has 19 heavy (non-hydrogen) atoms. The van der Waals surface area contributed by atoms with E-state index in [0.29, 0.717) is 12.5 Å². The summed E-state index contributed by atoms with van der Waals surface area (Å²) < 4.78 is 10.5. The van der Waals surface area contributed by atoms with Gasteiger partial charge in [0.1, 0.15) is 0 Å². The number of hydrogen-bond donors (Lipinski definition) is 1. The molecule has 0 aliphatic carbocycles. The summed E-state index contributed by atoms with van der Waals surface area (Å²) in [6.45, 7) is 5.94. The summed E-state index contributed by atoms with van der Waals surface area (Å²) in [4.78, 5) is 4.42. The van der Waals surface area contributed by atoms with Gasteiger partial charge in [0.25, 0.3) is 0 Å². The van der Waals surface area contributed by atoms with Gasteiger partial charge in [0.2, 0.25) is 5.89 Å². The Kier molecular flexibility index (Phi) is 8.86. The largest absolute Gasteiger partial charge is 0.383 e. The normalized spacial score (nSPS) is 12.8. The van der Waals surface area contributed by atoms with Gasteiger partial charge in [-0.1, -0.05) is 19.0 Å². The Hall–Kier alpha value is -0.590. The number of methoxy groups -OCH3 is 1. The lowest BCUT2D eigenvalue weighted by atomic mass is 10.2. The lowest BCUT2D eigenvalue weighted by Gasteiger charge is -2.15. The van der Waals surface area contributed by atoms with Crippen LogP contribution in [0.4, 0.5) is 0 Å². The van der Waals surface area contributed by atoms with Crippen LogP contribution < -0.4 is 5.32 Å². The van der Waals surface area contributed by atoms with Crippen molar-refractivity contribution in [3.05, 3.63) is 11.7 Å². The summed E-state index contributed by atoms with van der Waals surface area (Å²) in [6.07, 6.45) is 2.99. The predicted octanol–water partition coefficient (Wildman–Crippen LogP) is 2.27. The average molecular weight is 287 g/mol. The smallest absolute Gasteiger partial charge is 0.228 e. The number of aromatic nitrogens is 2. The van der Waals surface area contributed by atoms with Crippen molar-refractivity contribution in [1.29, 1.82) is 0 Å². The Labute approximate surface area is 119 Å². The SMILES string of the molecule is CCCNC(COC)Cc1nc(CSCCC)no1. The van der Waals surface area contributed by atoms with Crippen molar-refractivity contribution < 1.29 is 9.26 Å². The third-order valence-electron chi connectivity index (χ3n) is 2.56. The average Bonchev–Trinajstić information content (AvgIpc) is 2.84. The van der Waals surface area contributed by atoms with E-state index in [-0.39, 0.29) is 6.04 Å². The topological polar surface area (TPSA) is 60.2 Å². The number of hydrogen-bond acceptors (Lipinski definition) is 6. The summed E-state index contributed by atoms with van der Waals surface area (Å²) in [5.41, 5.74) is 0. The van der Waals surface area contributed by atoms with Gasteiger partial charge in [-0.05, 0) is 25.1 Å². The summed E-state index contributed by atoms with van der Waals surface area (Å²) in [5, 5.41) is 7.43. The molecule has 0 saturated heterocycles. The molecule has 0 bridgehead atoms. The highest BCUT2D eigenvalue weighted by Crippen LogP contribution is 2.11. The highest BCUT2D eigenvalue weighted by atomic mass is 32.2. The van der Waals surface area contributed by atoms with Crippen molar-refractivity contribution in [3.8, 4) is 0 Å². The Bertz CT molecular complexity index is 333. The molecule has 1 N–H and O–H groups in total. The highest BCUT2D eigenvalue weighted by molar-refractivity contribution is 7.98. The highest BCUT2D eigenvalue weighted by Gasteiger charge is 2.14. The molecule has 0 fully saturated rings. The van der Waals surface area contributed by atoms with E-state index in [9.17, 15) is 0 Å². The fourth-order valence-corrected chi connectivity index (χ4v) is 2.42. The Morgan fingerprint density at radius 3 is 2.89 bits per heavy atom. The first-order valence-electron chi connectivity index (χ1n) is 6.91. The van der Waals surface area contributed by atoms with Crippen molar-refractivity contribution >= 4 is 11.8 Å². The minimum Gasteiger partial charge on any atom is -0.383 e. The van der Waals surface area contributed by atoms with Gasteiger partial charge in [0, 0.05) is 19.6 Å². The van der Waals surface area contributed by atoms with Crippen LogP contribution in [0.25, 0.3) is 0 Å². The number of rotatable bonds is 11. The van der Waals surface area contributed by atoms with Crippen molar-refractivity contribution in [2.45, 2.75) is 44.9 Å². The summed E-state index contributed by atoms with van der Waals surface area (Å²) in [6, 6.07) is 0.238. The minimum atomic E-state index is 0.238. The predicted molar refractivity (Wildman–Crippen MR) is 78.4 cm³/mol. The number of thioether (sulfide) groups is 1. The molecule has 5 nitrogen and oxygen atoms in total. The van der Waals surface area contributed by atoms with Crippen LogP contribution in [0.1, 0.15) is 38.4 Å². The second kappa shape index (κ2) is 10.2. The Morgan fingerprint density at radius 1 is 1.37 bits per heavy atom. The number of ether oxygens (including phenoxy) is 1. The van der Waals surface area contributed by atoms with Gasteiger partial charge in [0.05, 0.1) is 12.4 Å². The molecule has 1 aromatic rings.